The number of nitrogens with zero attached hydrogens (tertiary/aromatic N) is 1. The summed E-state index contributed by atoms with van der Waals surface area (Å²) in [6.07, 6.45) is 0.627. The van der Waals surface area contributed by atoms with Crippen LogP contribution in [-0.2, 0) is 9.59 Å². The number of halogens is 1. The van der Waals surface area contributed by atoms with Crippen molar-refractivity contribution in [3.8, 4) is 0 Å². The van der Waals surface area contributed by atoms with E-state index in [1.54, 1.807) is 36.2 Å². The lowest BCUT2D eigenvalue weighted by atomic mass is 10.3. The Morgan fingerprint density at radius 3 is 2.68 bits per heavy atom. The van der Waals surface area contributed by atoms with E-state index >= 15 is 0 Å². The Bertz CT molecular complexity index is 451. The number of benzene rings is 1. The third kappa shape index (κ3) is 6.22. The van der Waals surface area contributed by atoms with Crippen molar-refractivity contribution in [2.45, 2.75) is 12.8 Å². The molecule has 0 aliphatic rings. The van der Waals surface area contributed by atoms with E-state index in [0.29, 0.717) is 23.7 Å². The fourth-order valence-electron chi connectivity index (χ4n) is 1.58. The van der Waals surface area contributed by atoms with Crippen molar-refractivity contribution in [1.29, 1.82) is 0 Å². The van der Waals surface area contributed by atoms with Gasteiger partial charge in [0.15, 0.2) is 0 Å². The Labute approximate surface area is 117 Å². The van der Waals surface area contributed by atoms with Gasteiger partial charge < -0.3 is 10.4 Å². The predicted molar refractivity (Wildman–Crippen MR) is 74.4 cm³/mol. The Kier molecular flexibility index (Phi) is 6.32. The van der Waals surface area contributed by atoms with Gasteiger partial charge in [0.2, 0.25) is 5.91 Å². The molecule has 6 heteroatoms. The molecule has 1 aromatic carbocycles. The number of carboxylic acids is 1. The van der Waals surface area contributed by atoms with E-state index in [-0.39, 0.29) is 18.9 Å². The standard InChI is InChI=1S/C13H17ClN2O3/c1-16(8-4-7-13(18)19)9-12(17)15-11-6-3-2-5-10(11)14/h2-3,5-6H,4,7-9H2,1H3,(H,15,17)(H,18,19). The third-order valence-electron chi connectivity index (χ3n) is 2.49. The number of carboxylic acid groups (broad SMARTS) is 1. The summed E-state index contributed by atoms with van der Waals surface area (Å²) in [5, 5.41) is 11.7. The number of para-hydroxylation sites is 1. The molecule has 0 aliphatic carbocycles. The van der Waals surface area contributed by atoms with Crippen LogP contribution in [0, 0.1) is 0 Å². The van der Waals surface area contributed by atoms with Crippen LogP contribution in [0.4, 0.5) is 5.69 Å². The van der Waals surface area contributed by atoms with Gasteiger partial charge in [-0.25, -0.2) is 0 Å². The minimum Gasteiger partial charge on any atom is -0.481 e. The minimum atomic E-state index is -0.825. The van der Waals surface area contributed by atoms with Crippen LogP contribution in [0.5, 0.6) is 0 Å². The molecule has 0 fully saturated rings. The first-order valence-electron chi connectivity index (χ1n) is 5.93. The summed E-state index contributed by atoms with van der Waals surface area (Å²) < 4.78 is 0. The number of likely N-dealkylation sites (N-methyl/N-ethyl adjacent to an activating group) is 1. The molecule has 0 saturated heterocycles. The summed E-state index contributed by atoms with van der Waals surface area (Å²) in [5.74, 6) is -1.00. The van der Waals surface area contributed by atoms with Crippen molar-refractivity contribution in [1.82, 2.24) is 4.90 Å². The SMILES string of the molecule is CN(CCCC(=O)O)CC(=O)Nc1ccccc1Cl. The first-order valence-corrected chi connectivity index (χ1v) is 6.31. The lowest BCUT2D eigenvalue weighted by molar-refractivity contribution is -0.137. The molecule has 19 heavy (non-hydrogen) atoms. The zero-order valence-corrected chi connectivity index (χ0v) is 11.5. The van der Waals surface area contributed by atoms with Crippen molar-refractivity contribution >= 4 is 29.2 Å². The molecule has 0 bridgehead atoms. The maximum absolute atomic E-state index is 11.7. The molecule has 2 N–H and O–H groups in total. The van der Waals surface area contributed by atoms with Gasteiger partial charge in [0.1, 0.15) is 0 Å². The second kappa shape index (κ2) is 7.76. The summed E-state index contributed by atoms with van der Waals surface area (Å²) >= 11 is 5.93. The zero-order valence-electron chi connectivity index (χ0n) is 10.7. The van der Waals surface area contributed by atoms with Gasteiger partial charge >= 0.3 is 5.97 Å². The monoisotopic (exact) mass is 284 g/mol. The van der Waals surface area contributed by atoms with E-state index in [1.165, 1.54) is 0 Å². The van der Waals surface area contributed by atoms with Gasteiger partial charge in [0.05, 0.1) is 17.3 Å². The van der Waals surface area contributed by atoms with Gasteiger partial charge in [0, 0.05) is 6.42 Å². The number of hydrogen-bond acceptors (Lipinski definition) is 3. The fraction of sp³-hybridized carbons (Fsp3) is 0.385. The Hall–Kier alpha value is -1.59. The number of amides is 1. The molecule has 1 rings (SSSR count). The Balaban J connectivity index is 2.35. The first kappa shape index (κ1) is 15.5. The molecule has 5 nitrogen and oxygen atoms in total. The maximum Gasteiger partial charge on any atom is 0.303 e. The van der Waals surface area contributed by atoms with Gasteiger partial charge in [0.25, 0.3) is 0 Å². The molecule has 1 aromatic rings. The number of aliphatic carboxylic acids is 1. The van der Waals surface area contributed by atoms with Crippen molar-refractivity contribution in [2.75, 3.05) is 25.5 Å². The highest BCUT2D eigenvalue weighted by Gasteiger charge is 2.09. The summed E-state index contributed by atoms with van der Waals surface area (Å²) in [7, 11) is 1.77. The topological polar surface area (TPSA) is 69.6 Å². The number of nitrogens with one attached hydrogen (secondary N) is 1. The summed E-state index contributed by atoms with van der Waals surface area (Å²) in [6.45, 7) is 0.757. The number of hydrogen-bond donors (Lipinski definition) is 2. The average Bonchev–Trinajstić information content (AvgIpc) is 2.31. The molecule has 104 valence electrons. The zero-order chi connectivity index (χ0) is 14.3. The largest absolute Gasteiger partial charge is 0.481 e. The minimum absolute atomic E-state index is 0.108. The van der Waals surface area contributed by atoms with Crippen molar-refractivity contribution < 1.29 is 14.7 Å². The van der Waals surface area contributed by atoms with Gasteiger partial charge in [-0.15, -0.1) is 0 Å². The molecule has 0 spiro atoms. The van der Waals surface area contributed by atoms with E-state index in [4.69, 9.17) is 16.7 Å². The molecule has 0 heterocycles. The smallest absolute Gasteiger partial charge is 0.303 e. The molecule has 0 aliphatic heterocycles. The van der Waals surface area contributed by atoms with E-state index < -0.39 is 5.97 Å². The van der Waals surface area contributed by atoms with Crippen LogP contribution in [0.2, 0.25) is 5.02 Å². The second-order valence-electron chi connectivity index (χ2n) is 4.26. The quantitative estimate of drug-likeness (QED) is 0.804. The van der Waals surface area contributed by atoms with Crippen LogP contribution in [0.1, 0.15) is 12.8 Å². The van der Waals surface area contributed by atoms with Crippen LogP contribution < -0.4 is 5.32 Å². The van der Waals surface area contributed by atoms with Crippen molar-refractivity contribution in [3.63, 3.8) is 0 Å². The van der Waals surface area contributed by atoms with Crippen LogP contribution in [0.3, 0.4) is 0 Å². The maximum atomic E-state index is 11.7. The van der Waals surface area contributed by atoms with E-state index in [9.17, 15) is 9.59 Å². The van der Waals surface area contributed by atoms with Gasteiger partial charge in [-0.05, 0) is 32.1 Å². The molecule has 1 amide bonds. The van der Waals surface area contributed by atoms with Crippen LogP contribution >= 0.6 is 11.6 Å². The molecule has 0 saturated carbocycles. The van der Waals surface area contributed by atoms with Crippen molar-refractivity contribution in [3.05, 3.63) is 29.3 Å². The molecule has 0 unspecified atom stereocenters. The number of rotatable bonds is 7. The third-order valence-corrected chi connectivity index (χ3v) is 2.82. The van der Waals surface area contributed by atoms with Crippen LogP contribution in [0.25, 0.3) is 0 Å². The van der Waals surface area contributed by atoms with E-state index in [2.05, 4.69) is 5.32 Å². The Morgan fingerprint density at radius 2 is 2.05 bits per heavy atom. The fourth-order valence-corrected chi connectivity index (χ4v) is 1.76. The van der Waals surface area contributed by atoms with E-state index in [1.807, 2.05) is 0 Å². The van der Waals surface area contributed by atoms with E-state index in [0.717, 1.165) is 0 Å². The second-order valence-corrected chi connectivity index (χ2v) is 4.67. The average molecular weight is 285 g/mol. The van der Waals surface area contributed by atoms with Gasteiger partial charge in [-0.3, -0.25) is 14.5 Å². The highest BCUT2D eigenvalue weighted by atomic mass is 35.5. The highest BCUT2D eigenvalue weighted by molar-refractivity contribution is 6.33. The summed E-state index contributed by atoms with van der Waals surface area (Å²) in [5.41, 5.74) is 0.577. The molecular formula is C13H17ClN2O3. The number of carbonyl (C=O) groups is 2. The van der Waals surface area contributed by atoms with Gasteiger partial charge in [-0.2, -0.15) is 0 Å². The first-order chi connectivity index (χ1) is 8.99. The van der Waals surface area contributed by atoms with Gasteiger partial charge in [-0.1, -0.05) is 23.7 Å². The molecule has 0 aromatic heterocycles. The lowest BCUT2D eigenvalue weighted by Crippen LogP contribution is -2.31. The highest BCUT2D eigenvalue weighted by Crippen LogP contribution is 2.20. The number of carbonyl (C=O) groups excluding carboxylic acids is 1. The molecular weight excluding hydrogens is 268 g/mol. The van der Waals surface area contributed by atoms with Crippen molar-refractivity contribution in [2.24, 2.45) is 0 Å². The molecule has 0 atom stereocenters. The summed E-state index contributed by atoms with van der Waals surface area (Å²) in [4.78, 5) is 23.9. The van der Waals surface area contributed by atoms with Crippen LogP contribution in [0.15, 0.2) is 24.3 Å². The lowest BCUT2D eigenvalue weighted by Gasteiger charge is -2.15. The number of anilines is 1. The normalized spacial score (nSPS) is 10.5. The predicted octanol–water partition coefficient (Wildman–Crippen LogP) is 2.08. The Morgan fingerprint density at radius 1 is 1.37 bits per heavy atom. The molecule has 0 radical (unpaired) electrons. The summed E-state index contributed by atoms with van der Waals surface area (Å²) in [6, 6.07) is 7.01. The van der Waals surface area contributed by atoms with Crippen LogP contribution in [-0.4, -0.2) is 42.0 Å².